The van der Waals surface area contributed by atoms with E-state index in [9.17, 15) is 41.4 Å². The van der Waals surface area contributed by atoms with Crippen LogP contribution in [0.1, 0.15) is 11.1 Å². The molecule has 0 bridgehead atoms. The maximum atomic E-state index is 14.9. The lowest BCUT2D eigenvalue weighted by Gasteiger charge is -2.35. The SMILES string of the molecule is O=C(OCc1ccccc1)N1CCN(CC(O)CSc2c(-c3ccc(F)cc3F)c(C(F)(F)F)cc3c(=O)[nH]c(=O)[nH]c23)CC1. The molecule has 1 saturated heterocycles. The lowest BCUT2D eigenvalue weighted by molar-refractivity contribution is -0.137. The predicted molar refractivity (Wildman–Crippen MR) is 157 cm³/mol. The van der Waals surface area contributed by atoms with Crippen molar-refractivity contribution in [3.05, 3.63) is 98.2 Å². The number of carbonyl (C=O) groups is 1. The Morgan fingerprint density at radius 2 is 1.71 bits per heavy atom. The number of aliphatic hydroxyl groups excluding tert-OH is 1. The summed E-state index contributed by atoms with van der Waals surface area (Å²) in [7, 11) is 0. The Morgan fingerprint density at radius 1 is 1.00 bits per heavy atom. The van der Waals surface area contributed by atoms with E-state index < -0.39 is 63.3 Å². The highest BCUT2D eigenvalue weighted by Gasteiger charge is 2.37. The number of alkyl halides is 3. The predicted octanol–water partition coefficient (Wildman–Crippen LogP) is 4.59. The number of aliphatic hydroxyl groups is 1. The molecular formula is C30H27F5N4O5S. The zero-order chi connectivity index (χ0) is 32.3. The lowest BCUT2D eigenvalue weighted by Crippen LogP contribution is -2.50. The van der Waals surface area contributed by atoms with Crippen LogP contribution in [0.4, 0.5) is 26.7 Å². The quantitative estimate of drug-likeness (QED) is 0.189. The molecule has 4 aromatic rings. The van der Waals surface area contributed by atoms with Gasteiger partial charge in [-0.1, -0.05) is 30.3 Å². The van der Waals surface area contributed by atoms with Crippen molar-refractivity contribution in [2.24, 2.45) is 0 Å². The number of H-pyrrole nitrogens is 2. The van der Waals surface area contributed by atoms with Crippen molar-refractivity contribution in [3.63, 3.8) is 0 Å². The number of thioether (sulfide) groups is 1. The molecule has 15 heteroatoms. The molecule has 2 heterocycles. The minimum Gasteiger partial charge on any atom is -0.445 e. The van der Waals surface area contributed by atoms with Crippen molar-refractivity contribution in [2.45, 2.75) is 23.8 Å². The lowest BCUT2D eigenvalue weighted by atomic mass is 9.96. The van der Waals surface area contributed by atoms with Crippen molar-refractivity contribution in [1.82, 2.24) is 19.8 Å². The zero-order valence-electron chi connectivity index (χ0n) is 23.5. The number of halogens is 5. The summed E-state index contributed by atoms with van der Waals surface area (Å²) in [6, 6.07) is 11.8. The van der Waals surface area contributed by atoms with Gasteiger partial charge in [0.1, 0.15) is 18.2 Å². The highest BCUT2D eigenvalue weighted by molar-refractivity contribution is 7.99. The van der Waals surface area contributed by atoms with Crippen molar-refractivity contribution < 1.29 is 36.6 Å². The van der Waals surface area contributed by atoms with Gasteiger partial charge in [-0.3, -0.25) is 14.7 Å². The molecule has 1 aliphatic heterocycles. The molecule has 1 aromatic heterocycles. The Hall–Kier alpha value is -4.21. The number of fused-ring (bicyclic) bond motifs is 1. The van der Waals surface area contributed by atoms with E-state index >= 15 is 0 Å². The number of piperazine rings is 1. The first-order chi connectivity index (χ1) is 21.4. The van der Waals surface area contributed by atoms with Crippen molar-refractivity contribution in [3.8, 4) is 11.1 Å². The van der Waals surface area contributed by atoms with Crippen LogP contribution in [-0.4, -0.2) is 75.5 Å². The third-order valence-electron chi connectivity index (χ3n) is 7.22. The highest BCUT2D eigenvalue weighted by atomic mass is 32.2. The number of carbonyl (C=O) groups excluding carboxylic acids is 1. The zero-order valence-corrected chi connectivity index (χ0v) is 24.3. The number of ether oxygens (including phenoxy) is 1. The molecule has 0 radical (unpaired) electrons. The number of hydrogen-bond acceptors (Lipinski definition) is 7. The highest BCUT2D eigenvalue weighted by Crippen LogP contribution is 2.45. The van der Waals surface area contributed by atoms with Gasteiger partial charge in [-0.25, -0.2) is 18.4 Å². The third-order valence-corrected chi connectivity index (χ3v) is 8.47. The molecule has 238 valence electrons. The molecule has 0 spiro atoms. The number of hydrogen-bond donors (Lipinski definition) is 3. The van der Waals surface area contributed by atoms with E-state index in [0.717, 1.165) is 17.7 Å². The molecular weight excluding hydrogens is 623 g/mol. The topological polar surface area (TPSA) is 119 Å². The first-order valence-electron chi connectivity index (χ1n) is 13.8. The molecule has 1 amide bonds. The molecule has 5 rings (SSSR count). The molecule has 1 atom stereocenters. The Labute approximate surface area is 256 Å². The second-order valence-corrected chi connectivity index (χ2v) is 11.4. The van der Waals surface area contributed by atoms with E-state index in [0.29, 0.717) is 50.1 Å². The van der Waals surface area contributed by atoms with Gasteiger partial charge in [-0.05, 0) is 23.8 Å². The fourth-order valence-electron chi connectivity index (χ4n) is 5.06. The smallest absolute Gasteiger partial charge is 0.417 e. The summed E-state index contributed by atoms with van der Waals surface area (Å²) in [5.74, 6) is -2.50. The largest absolute Gasteiger partial charge is 0.445 e. The summed E-state index contributed by atoms with van der Waals surface area (Å²) in [6.07, 6.45) is -6.66. The normalized spacial score (nSPS) is 14.9. The molecule has 1 unspecified atom stereocenters. The van der Waals surface area contributed by atoms with Gasteiger partial charge >= 0.3 is 18.0 Å². The second kappa shape index (κ2) is 13.4. The van der Waals surface area contributed by atoms with Crippen LogP contribution in [0, 0.1) is 11.6 Å². The molecule has 9 nitrogen and oxygen atoms in total. The van der Waals surface area contributed by atoms with Gasteiger partial charge in [0, 0.05) is 60.6 Å². The van der Waals surface area contributed by atoms with E-state index in [1.165, 1.54) is 4.90 Å². The minimum atomic E-state index is -5.07. The average molecular weight is 651 g/mol. The number of nitrogens with zero attached hydrogens (tertiary/aromatic N) is 2. The van der Waals surface area contributed by atoms with E-state index in [4.69, 9.17) is 4.74 Å². The van der Waals surface area contributed by atoms with Crippen LogP contribution in [0.2, 0.25) is 0 Å². The van der Waals surface area contributed by atoms with Gasteiger partial charge in [0.15, 0.2) is 0 Å². The van der Waals surface area contributed by atoms with Crippen LogP contribution in [0.15, 0.2) is 69.1 Å². The summed E-state index contributed by atoms with van der Waals surface area (Å²) in [5.41, 5.74) is -4.20. The molecule has 3 aromatic carbocycles. The standard InChI is InChI=1S/C30H27F5N4O5S/c31-18-6-7-20(23(32)12-18)24-22(30(33,34)35)13-21-25(36-28(42)37-27(21)41)26(24)45-16-19(40)14-38-8-10-39(11-9-38)29(43)44-15-17-4-2-1-3-5-17/h1-7,12-13,19,40H,8-11,14-16H2,(H2,36,37,41,42). The molecule has 3 N–H and O–H groups in total. The maximum Gasteiger partial charge on any atom is 0.417 e. The average Bonchev–Trinajstić information content (AvgIpc) is 2.99. The molecule has 1 aliphatic rings. The van der Waals surface area contributed by atoms with E-state index in [2.05, 4.69) is 4.98 Å². The van der Waals surface area contributed by atoms with Crippen LogP contribution in [0.5, 0.6) is 0 Å². The van der Waals surface area contributed by atoms with Crippen LogP contribution < -0.4 is 11.2 Å². The molecule has 0 saturated carbocycles. The van der Waals surface area contributed by atoms with Crippen LogP contribution in [0.25, 0.3) is 22.0 Å². The second-order valence-electron chi connectivity index (χ2n) is 10.4. The van der Waals surface area contributed by atoms with E-state index in [1.54, 1.807) is 0 Å². The van der Waals surface area contributed by atoms with Crippen molar-refractivity contribution in [1.29, 1.82) is 0 Å². The summed E-state index contributed by atoms with van der Waals surface area (Å²) < 4.78 is 76.9. The van der Waals surface area contributed by atoms with Crippen LogP contribution >= 0.6 is 11.8 Å². The Morgan fingerprint density at radius 3 is 2.38 bits per heavy atom. The molecule has 0 aliphatic carbocycles. The Bertz CT molecular complexity index is 1810. The van der Waals surface area contributed by atoms with E-state index in [-0.39, 0.29) is 29.3 Å². The van der Waals surface area contributed by atoms with Crippen molar-refractivity contribution in [2.75, 3.05) is 38.5 Å². The number of nitrogens with one attached hydrogen (secondary N) is 2. The van der Waals surface area contributed by atoms with E-state index in [1.807, 2.05) is 40.2 Å². The summed E-state index contributed by atoms with van der Waals surface area (Å²) >= 11 is 0.694. The van der Waals surface area contributed by atoms with Gasteiger partial charge < -0.3 is 19.7 Å². The summed E-state index contributed by atoms with van der Waals surface area (Å²) in [6.45, 7) is 1.65. The van der Waals surface area contributed by atoms with Gasteiger partial charge in [0.25, 0.3) is 5.56 Å². The Balaban J connectivity index is 1.34. The van der Waals surface area contributed by atoms with Crippen molar-refractivity contribution >= 4 is 28.8 Å². The fourth-order valence-corrected chi connectivity index (χ4v) is 6.19. The fraction of sp³-hybridized carbons (Fsp3) is 0.300. The number of aromatic amines is 2. The van der Waals surface area contributed by atoms with Gasteiger partial charge in [0.05, 0.1) is 22.6 Å². The van der Waals surface area contributed by atoms with Gasteiger partial charge in [0.2, 0.25) is 0 Å². The maximum absolute atomic E-state index is 14.9. The Kier molecular flexibility index (Phi) is 9.60. The minimum absolute atomic E-state index is 0.0914. The van der Waals surface area contributed by atoms with Crippen LogP contribution in [0.3, 0.4) is 0 Å². The van der Waals surface area contributed by atoms with Gasteiger partial charge in [-0.2, -0.15) is 13.2 Å². The number of amides is 1. The number of benzene rings is 3. The first kappa shape index (κ1) is 32.2. The number of aromatic nitrogens is 2. The number of rotatable bonds is 8. The number of β-amino-alcohol motifs (C(OH)–C–C–N with tert-alkyl or cyclic N) is 1. The molecule has 45 heavy (non-hydrogen) atoms. The molecule has 1 fully saturated rings. The summed E-state index contributed by atoms with van der Waals surface area (Å²) in [4.78, 5) is 44.4. The van der Waals surface area contributed by atoms with Gasteiger partial charge in [-0.15, -0.1) is 11.8 Å². The summed E-state index contributed by atoms with van der Waals surface area (Å²) in [5, 5.41) is 10.4. The first-order valence-corrected chi connectivity index (χ1v) is 14.7. The monoisotopic (exact) mass is 650 g/mol. The third kappa shape index (κ3) is 7.54. The van der Waals surface area contributed by atoms with Crippen LogP contribution in [-0.2, 0) is 17.5 Å².